The SMILES string of the molecule is C=CCN1C(=O)/C(=C2\C(=O)N(C)c3c(Br)cc(C)cc32)SC1=S. The minimum absolute atomic E-state index is 0.189. The highest BCUT2D eigenvalue weighted by molar-refractivity contribution is 9.10. The van der Waals surface area contributed by atoms with Gasteiger partial charge in [0.2, 0.25) is 0 Å². The van der Waals surface area contributed by atoms with E-state index in [1.54, 1.807) is 18.0 Å². The summed E-state index contributed by atoms with van der Waals surface area (Å²) in [5.74, 6) is -0.424. The monoisotopic (exact) mass is 408 g/mol. The van der Waals surface area contributed by atoms with Crippen LogP contribution in [0.1, 0.15) is 11.1 Å². The van der Waals surface area contributed by atoms with Crippen molar-refractivity contribution in [3.63, 3.8) is 0 Å². The second-order valence-electron chi connectivity index (χ2n) is 5.28. The summed E-state index contributed by atoms with van der Waals surface area (Å²) in [5, 5.41) is 0. The van der Waals surface area contributed by atoms with E-state index < -0.39 is 0 Å². The topological polar surface area (TPSA) is 40.6 Å². The Morgan fingerprint density at radius 3 is 2.70 bits per heavy atom. The molecule has 0 spiro atoms. The number of likely N-dealkylation sites (N-methyl/N-ethyl adjacent to an activating group) is 1. The molecule has 3 rings (SSSR count). The normalized spacial score (nSPS) is 20.6. The van der Waals surface area contributed by atoms with Crippen molar-refractivity contribution in [2.75, 3.05) is 18.5 Å². The van der Waals surface area contributed by atoms with Crippen LogP contribution in [0.5, 0.6) is 0 Å². The Labute approximate surface area is 152 Å². The number of hydrogen-bond donors (Lipinski definition) is 0. The Morgan fingerprint density at radius 1 is 1.35 bits per heavy atom. The van der Waals surface area contributed by atoms with Gasteiger partial charge in [0.25, 0.3) is 11.8 Å². The van der Waals surface area contributed by atoms with E-state index in [1.807, 2.05) is 19.1 Å². The van der Waals surface area contributed by atoms with Crippen LogP contribution in [0.15, 0.2) is 34.2 Å². The predicted molar refractivity (Wildman–Crippen MR) is 101 cm³/mol. The molecule has 2 amide bonds. The maximum Gasteiger partial charge on any atom is 0.267 e. The quantitative estimate of drug-likeness (QED) is 0.426. The van der Waals surface area contributed by atoms with Crippen LogP contribution in [0.25, 0.3) is 5.57 Å². The van der Waals surface area contributed by atoms with Crippen LogP contribution in [0, 0.1) is 6.92 Å². The Morgan fingerprint density at radius 2 is 2.04 bits per heavy atom. The molecule has 2 aliphatic rings. The first kappa shape index (κ1) is 16.4. The van der Waals surface area contributed by atoms with Crippen molar-refractivity contribution < 1.29 is 9.59 Å². The second kappa shape index (κ2) is 5.89. The Hall–Kier alpha value is -1.44. The number of anilines is 1. The van der Waals surface area contributed by atoms with Crippen LogP contribution in [-0.2, 0) is 9.59 Å². The van der Waals surface area contributed by atoms with Crippen molar-refractivity contribution >= 4 is 67.3 Å². The molecule has 23 heavy (non-hydrogen) atoms. The predicted octanol–water partition coefficient (Wildman–Crippen LogP) is 3.49. The van der Waals surface area contributed by atoms with Crippen LogP contribution in [-0.4, -0.2) is 34.6 Å². The summed E-state index contributed by atoms with van der Waals surface area (Å²) in [6, 6.07) is 3.88. The number of thioether (sulfide) groups is 1. The summed E-state index contributed by atoms with van der Waals surface area (Å²) >= 11 is 9.95. The first-order valence-electron chi connectivity index (χ1n) is 6.84. The molecule has 0 aromatic heterocycles. The molecular weight excluding hydrogens is 396 g/mol. The number of thiocarbonyl (C=S) groups is 1. The van der Waals surface area contributed by atoms with Crippen LogP contribution >= 0.6 is 39.9 Å². The van der Waals surface area contributed by atoms with Gasteiger partial charge in [-0.15, -0.1) is 6.58 Å². The van der Waals surface area contributed by atoms with Crippen molar-refractivity contribution in [2.45, 2.75) is 6.92 Å². The maximum atomic E-state index is 12.7. The van der Waals surface area contributed by atoms with Gasteiger partial charge in [-0.25, -0.2) is 0 Å². The van der Waals surface area contributed by atoms with Crippen LogP contribution < -0.4 is 4.90 Å². The van der Waals surface area contributed by atoms with Gasteiger partial charge in [0.05, 0.1) is 16.2 Å². The van der Waals surface area contributed by atoms with Crippen molar-refractivity contribution in [1.29, 1.82) is 0 Å². The number of benzene rings is 1. The number of halogens is 1. The highest BCUT2D eigenvalue weighted by Crippen LogP contribution is 2.47. The van der Waals surface area contributed by atoms with Gasteiger partial charge in [-0.2, -0.15) is 0 Å². The van der Waals surface area contributed by atoms with E-state index in [2.05, 4.69) is 22.5 Å². The van der Waals surface area contributed by atoms with Gasteiger partial charge in [-0.05, 0) is 40.5 Å². The molecule has 0 N–H and O–H groups in total. The summed E-state index contributed by atoms with van der Waals surface area (Å²) < 4.78 is 1.29. The first-order chi connectivity index (χ1) is 10.9. The molecule has 118 valence electrons. The zero-order valence-electron chi connectivity index (χ0n) is 12.6. The molecule has 1 fully saturated rings. The van der Waals surface area contributed by atoms with E-state index in [-0.39, 0.29) is 11.8 Å². The smallest absolute Gasteiger partial charge is 0.267 e. The molecule has 0 saturated carbocycles. The lowest BCUT2D eigenvalue weighted by Gasteiger charge is -2.11. The number of hydrogen-bond acceptors (Lipinski definition) is 4. The number of amides is 2. The van der Waals surface area contributed by atoms with Gasteiger partial charge in [0.1, 0.15) is 4.32 Å². The van der Waals surface area contributed by atoms with Crippen molar-refractivity contribution in [3.8, 4) is 0 Å². The van der Waals surface area contributed by atoms with Crippen molar-refractivity contribution in [2.24, 2.45) is 0 Å². The fraction of sp³-hybridized carbons (Fsp3) is 0.188. The van der Waals surface area contributed by atoms with Gasteiger partial charge in [0, 0.05) is 23.6 Å². The summed E-state index contributed by atoms with van der Waals surface area (Å²) in [6.07, 6.45) is 1.62. The summed E-state index contributed by atoms with van der Waals surface area (Å²) in [4.78, 5) is 28.8. The number of fused-ring (bicyclic) bond motifs is 1. The van der Waals surface area contributed by atoms with E-state index in [1.165, 1.54) is 16.7 Å². The van der Waals surface area contributed by atoms with Gasteiger partial charge in [-0.1, -0.05) is 30.1 Å². The molecular formula is C16H13BrN2O2S2. The highest BCUT2D eigenvalue weighted by Gasteiger charge is 2.41. The molecule has 0 atom stereocenters. The summed E-state index contributed by atoms with van der Waals surface area (Å²) in [7, 11) is 1.71. The standard InChI is InChI=1S/C16H13BrN2O2S2/c1-4-5-19-15(21)13(23-16(19)22)11-9-6-8(2)7-10(17)12(9)18(3)14(11)20/h4,6-7H,1,5H2,2-3H3/b13-11+. The number of nitrogens with zero attached hydrogens (tertiary/aromatic N) is 2. The number of aryl methyl sites for hydroxylation is 1. The first-order valence-corrected chi connectivity index (χ1v) is 8.86. The van der Waals surface area contributed by atoms with Gasteiger partial charge < -0.3 is 4.90 Å². The minimum atomic E-state index is -0.234. The summed E-state index contributed by atoms with van der Waals surface area (Å²) in [5.41, 5.74) is 2.99. The Balaban J connectivity index is 2.22. The molecule has 2 heterocycles. The Kier molecular flexibility index (Phi) is 4.20. The van der Waals surface area contributed by atoms with E-state index in [0.717, 1.165) is 21.3 Å². The third-order valence-electron chi connectivity index (χ3n) is 3.72. The molecule has 1 aromatic rings. The van der Waals surface area contributed by atoms with Crippen LogP contribution in [0.2, 0.25) is 0 Å². The van der Waals surface area contributed by atoms with Crippen molar-refractivity contribution in [1.82, 2.24) is 4.90 Å². The molecule has 1 saturated heterocycles. The lowest BCUT2D eigenvalue weighted by atomic mass is 10.0. The lowest BCUT2D eigenvalue weighted by molar-refractivity contribution is -0.122. The van der Waals surface area contributed by atoms with E-state index in [9.17, 15) is 9.59 Å². The Bertz CT molecular complexity index is 817. The lowest BCUT2D eigenvalue weighted by Crippen LogP contribution is -2.28. The molecule has 0 radical (unpaired) electrons. The average Bonchev–Trinajstić information content (AvgIpc) is 2.88. The maximum absolute atomic E-state index is 12.7. The fourth-order valence-electron chi connectivity index (χ4n) is 2.71. The van der Waals surface area contributed by atoms with Gasteiger partial charge >= 0.3 is 0 Å². The van der Waals surface area contributed by atoms with Crippen molar-refractivity contribution in [3.05, 3.63) is 45.3 Å². The van der Waals surface area contributed by atoms with Gasteiger partial charge in [0.15, 0.2) is 0 Å². The molecule has 0 aliphatic carbocycles. The third-order valence-corrected chi connectivity index (χ3v) is 5.77. The number of rotatable bonds is 2. The van der Waals surface area contributed by atoms with Gasteiger partial charge in [-0.3, -0.25) is 14.5 Å². The second-order valence-corrected chi connectivity index (χ2v) is 7.78. The molecule has 4 nitrogen and oxygen atoms in total. The molecule has 1 aromatic carbocycles. The highest BCUT2D eigenvalue weighted by atomic mass is 79.9. The zero-order chi connectivity index (χ0) is 16.9. The number of carbonyl (C=O) groups excluding carboxylic acids is 2. The third kappa shape index (κ3) is 2.47. The zero-order valence-corrected chi connectivity index (χ0v) is 15.8. The van der Waals surface area contributed by atoms with E-state index >= 15 is 0 Å². The van der Waals surface area contributed by atoms with E-state index in [4.69, 9.17) is 12.2 Å². The largest absolute Gasteiger partial charge is 0.310 e. The molecule has 7 heteroatoms. The molecule has 0 unspecified atom stereocenters. The van der Waals surface area contributed by atoms with E-state index in [0.29, 0.717) is 21.3 Å². The molecule has 2 aliphatic heterocycles. The number of carbonyl (C=O) groups is 2. The average molecular weight is 409 g/mol. The summed E-state index contributed by atoms with van der Waals surface area (Å²) in [6.45, 7) is 5.94. The van der Waals surface area contributed by atoms with Crippen LogP contribution in [0.4, 0.5) is 5.69 Å². The minimum Gasteiger partial charge on any atom is -0.310 e. The van der Waals surface area contributed by atoms with Crippen LogP contribution in [0.3, 0.4) is 0 Å². The molecule has 0 bridgehead atoms. The fourth-order valence-corrected chi connectivity index (χ4v) is 4.89.